The third-order valence-electron chi connectivity index (χ3n) is 5.77. The number of benzene rings is 1. The summed E-state index contributed by atoms with van der Waals surface area (Å²) in [5.74, 6) is -0.139. The summed E-state index contributed by atoms with van der Waals surface area (Å²) in [4.78, 5) is 11.4. The molecule has 4 N–H and O–H groups in total. The summed E-state index contributed by atoms with van der Waals surface area (Å²) in [6, 6.07) is 10.1. The van der Waals surface area contributed by atoms with Crippen molar-refractivity contribution in [1.29, 1.82) is 0 Å². The maximum Gasteiger partial charge on any atom is 0.219 e. The van der Waals surface area contributed by atoms with E-state index in [0.29, 0.717) is 32.2 Å². The van der Waals surface area contributed by atoms with Gasteiger partial charge in [-0.3, -0.25) is 4.79 Å². The van der Waals surface area contributed by atoms with Crippen LogP contribution in [0.25, 0.3) is 0 Å². The van der Waals surface area contributed by atoms with Gasteiger partial charge in [-0.25, -0.2) is 0 Å². The first-order valence-corrected chi connectivity index (χ1v) is 11.2. The van der Waals surface area contributed by atoms with E-state index in [1.807, 2.05) is 55.5 Å². The van der Waals surface area contributed by atoms with Crippen molar-refractivity contribution in [2.24, 2.45) is 11.8 Å². The van der Waals surface area contributed by atoms with Gasteiger partial charge < -0.3 is 20.6 Å². The summed E-state index contributed by atoms with van der Waals surface area (Å²) in [5.41, 5.74) is 1.19. The van der Waals surface area contributed by atoms with E-state index in [-0.39, 0.29) is 17.7 Å². The minimum Gasteiger partial charge on any atom is -0.393 e. The second-order valence-corrected chi connectivity index (χ2v) is 8.14. The van der Waals surface area contributed by atoms with Crippen LogP contribution >= 0.6 is 0 Å². The molecule has 5 heteroatoms. The molecule has 5 atom stereocenters. The van der Waals surface area contributed by atoms with Crippen molar-refractivity contribution in [3.05, 3.63) is 60.2 Å². The molecule has 2 rings (SSSR count). The summed E-state index contributed by atoms with van der Waals surface area (Å²) in [7, 11) is 0. The smallest absolute Gasteiger partial charge is 0.219 e. The van der Waals surface area contributed by atoms with Gasteiger partial charge in [-0.1, -0.05) is 54.6 Å². The molecule has 1 amide bonds. The summed E-state index contributed by atoms with van der Waals surface area (Å²) in [6.07, 6.45) is 10.6. The molecule has 0 bridgehead atoms. The molecule has 5 nitrogen and oxygen atoms in total. The Morgan fingerprint density at radius 3 is 2.70 bits per heavy atom. The zero-order chi connectivity index (χ0) is 21.8. The highest BCUT2D eigenvalue weighted by atomic mass is 16.3. The van der Waals surface area contributed by atoms with Crippen LogP contribution in [0, 0.1) is 11.8 Å². The number of rotatable bonds is 12. The Hall–Kier alpha value is -1.95. The number of amides is 1. The van der Waals surface area contributed by atoms with E-state index in [4.69, 9.17) is 0 Å². The first-order valence-electron chi connectivity index (χ1n) is 11.2. The molecule has 0 heterocycles. The van der Waals surface area contributed by atoms with Crippen molar-refractivity contribution < 1.29 is 20.1 Å². The number of aryl methyl sites for hydroxylation is 1. The number of nitrogens with one attached hydrogen (secondary N) is 1. The molecular formula is C25H37NO4. The predicted octanol–water partition coefficient (Wildman–Crippen LogP) is 3.15. The molecule has 1 aromatic rings. The average Bonchev–Trinajstić information content (AvgIpc) is 3.00. The van der Waals surface area contributed by atoms with Crippen LogP contribution in [0.15, 0.2) is 54.6 Å². The van der Waals surface area contributed by atoms with Gasteiger partial charge in [0.15, 0.2) is 0 Å². The highest BCUT2D eigenvalue weighted by molar-refractivity contribution is 5.75. The van der Waals surface area contributed by atoms with Crippen LogP contribution in [0.3, 0.4) is 0 Å². The summed E-state index contributed by atoms with van der Waals surface area (Å²) < 4.78 is 0. The van der Waals surface area contributed by atoms with Gasteiger partial charge in [-0.15, -0.1) is 0 Å². The molecule has 166 valence electrons. The Morgan fingerprint density at radius 1 is 1.20 bits per heavy atom. The fraction of sp³-hybridized carbons (Fsp3) is 0.560. The van der Waals surface area contributed by atoms with Gasteiger partial charge in [0, 0.05) is 25.3 Å². The number of hydrogen-bond acceptors (Lipinski definition) is 4. The fourth-order valence-corrected chi connectivity index (χ4v) is 4.06. The van der Waals surface area contributed by atoms with E-state index < -0.39 is 18.3 Å². The summed E-state index contributed by atoms with van der Waals surface area (Å²) in [5, 5.41) is 33.8. The fourth-order valence-electron chi connectivity index (χ4n) is 4.06. The third-order valence-corrected chi connectivity index (χ3v) is 5.77. The van der Waals surface area contributed by atoms with Gasteiger partial charge in [-0.2, -0.15) is 0 Å². The van der Waals surface area contributed by atoms with Gasteiger partial charge in [0.2, 0.25) is 5.91 Å². The number of aliphatic hydroxyl groups is 3. The quantitative estimate of drug-likeness (QED) is 0.312. The lowest BCUT2D eigenvalue weighted by Gasteiger charge is -2.19. The topological polar surface area (TPSA) is 89.8 Å². The standard InChI is InChI=1S/C25H37NO4/c1-2-26-25(30)13-9-4-3-8-12-21-22(24(29)18-23(21)28)17-16-20(27)15-14-19-10-6-5-7-11-19/h3,5-8,10-11,16-17,20-24,27-29H,2,4,9,12-15,18H2,1H3,(H,26,30)/b8-3+,17-16+/t20-,21-,22-,23+,24-/m0/s1. The van der Waals surface area contributed by atoms with Gasteiger partial charge in [0.25, 0.3) is 0 Å². The molecule has 1 fully saturated rings. The molecule has 0 spiro atoms. The maximum absolute atomic E-state index is 11.4. The van der Waals surface area contributed by atoms with E-state index in [1.165, 1.54) is 5.56 Å². The van der Waals surface area contributed by atoms with E-state index in [2.05, 4.69) is 5.32 Å². The van der Waals surface area contributed by atoms with Crippen LogP contribution < -0.4 is 5.32 Å². The molecule has 1 aromatic carbocycles. The van der Waals surface area contributed by atoms with E-state index >= 15 is 0 Å². The molecule has 0 saturated heterocycles. The van der Waals surface area contributed by atoms with Crippen LogP contribution in [0.1, 0.15) is 51.0 Å². The summed E-state index contributed by atoms with van der Waals surface area (Å²) in [6.45, 7) is 2.57. The van der Waals surface area contributed by atoms with Crippen molar-refractivity contribution >= 4 is 5.91 Å². The molecule has 1 aliphatic rings. The molecule has 0 unspecified atom stereocenters. The first kappa shape index (κ1) is 24.3. The van der Waals surface area contributed by atoms with Crippen molar-refractivity contribution in [1.82, 2.24) is 5.32 Å². The van der Waals surface area contributed by atoms with Gasteiger partial charge in [0.1, 0.15) is 0 Å². The Bertz CT molecular complexity index is 673. The van der Waals surface area contributed by atoms with E-state index in [0.717, 1.165) is 19.3 Å². The van der Waals surface area contributed by atoms with Crippen molar-refractivity contribution in [3.8, 4) is 0 Å². The molecule has 1 aliphatic carbocycles. The minimum absolute atomic E-state index is 0.0581. The Kier molecular flexibility index (Phi) is 10.8. The highest BCUT2D eigenvalue weighted by Gasteiger charge is 2.39. The average molecular weight is 416 g/mol. The largest absolute Gasteiger partial charge is 0.393 e. The molecule has 0 aliphatic heterocycles. The van der Waals surface area contributed by atoms with Crippen LogP contribution in [-0.4, -0.2) is 46.1 Å². The Morgan fingerprint density at radius 2 is 1.97 bits per heavy atom. The van der Waals surface area contributed by atoms with Gasteiger partial charge >= 0.3 is 0 Å². The second-order valence-electron chi connectivity index (χ2n) is 8.14. The number of carbonyl (C=O) groups excluding carboxylic acids is 1. The van der Waals surface area contributed by atoms with Gasteiger partial charge in [-0.05, 0) is 50.5 Å². The molecule has 0 radical (unpaired) electrons. The monoisotopic (exact) mass is 415 g/mol. The van der Waals surface area contributed by atoms with Crippen LogP contribution in [0.2, 0.25) is 0 Å². The van der Waals surface area contributed by atoms with Crippen molar-refractivity contribution in [2.45, 2.75) is 70.2 Å². The number of unbranched alkanes of at least 4 members (excludes halogenated alkanes) is 1. The van der Waals surface area contributed by atoms with Crippen molar-refractivity contribution in [2.75, 3.05) is 6.54 Å². The normalized spacial score (nSPS) is 25.2. The third kappa shape index (κ3) is 8.42. The molecule has 1 saturated carbocycles. The SMILES string of the molecule is CCNC(=O)CCC/C=C/C[C@H]1[C@H](/C=C/[C@@H](O)CCc2ccccc2)[C@@H](O)C[C@H]1O. The number of hydrogen-bond donors (Lipinski definition) is 4. The van der Waals surface area contributed by atoms with Gasteiger partial charge in [0.05, 0.1) is 18.3 Å². The van der Waals surface area contributed by atoms with Crippen LogP contribution in [-0.2, 0) is 11.2 Å². The second kappa shape index (κ2) is 13.4. The molecular weight excluding hydrogens is 378 g/mol. The maximum atomic E-state index is 11.4. The van der Waals surface area contributed by atoms with Crippen molar-refractivity contribution in [3.63, 3.8) is 0 Å². The lowest BCUT2D eigenvalue weighted by Crippen LogP contribution is -2.21. The minimum atomic E-state index is -0.589. The number of aliphatic hydroxyl groups excluding tert-OH is 3. The zero-order valence-electron chi connectivity index (χ0n) is 18.0. The number of allylic oxidation sites excluding steroid dienone is 2. The Balaban J connectivity index is 1.78. The molecule has 30 heavy (non-hydrogen) atoms. The lowest BCUT2D eigenvalue weighted by molar-refractivity contribution is -0.121. The summed E-state index contributed by atoms with van der Waals surface area (Å²) >= 11 is 0. The number of carbonyl (C=O) groups is 1. The van der Waals surface area contributed by atoms with E-state index in [1.54, 1.807) is 6.08 Å². The Labute approximate surface area is 180 Å². The predicted molar refractivity (Wildman–Crippen MR) is 120 cm³/mol. The zero-order valence-corrected chi connectivity index (χ0v) is 18.0. The lowest BCUT2D eigenvalue weighted by atomic mass is 9.89. The molecule has 0 aromatic heterocycles. The highest BCUT2D eigenvalue weighted by Crippen LogP contribution is 2.36. The van der Waals surface area contributed by atoms with E-state index in [9.17, 15) is 20.1 Å². The van der Waals surface area contributed by atoms with Crippen LogP contribution in [0.5, 0.6) is 0 Å². The van der Waals surface area contributed by atoms with Crippen LogP contribution in [0.4, 0.5) is 0 Å². The first-order chi connectivity index (χ1) is 14.5.